The normalized spacial score (nSPS) is 15.9. The number of fused-ring (bicyclic) bond motifs is 1. The number of aromatic nitrogens is 4. The van der Waals surface area contributed by atoms with E-state index in [1.165, 1.54) is 25.9 Å². The van der Waals surface area contributed by atoms with Crippen LogP contribution in [-0.2, 0) is 10.0 Å². The first-order valence-corrected chi connectivity index (χ1v) is 10.0. The van der Waals surface area contributed by atoms with Gasteiger partial charge in [-0.05, 0) is 37.3 Å². The maximum Gasteiger partial charge on any atom is 0.293 e. The summed E-state index contributed by atoms with van der Waals surface area (Å²) in [7, 11) is -3.74. The summed E-state index contributed by atoms with van der Waals surface area (Å²) in [6.45, 7) is 2.52. The van der Waals surface area contributed by atoms with Gasteiger partial charge in [0.2, 0.25) is 15.8 Å². The van der Waals surface area contributed by atoms with Crippen molar-refractivity contribution in [2.24, 2.45) is 0 Å². The second-order valence-electron chi connectivity index (χ2n) is 6.38. The Labute approximate surface area is 160 Å². The van der Waals surface area contributed by atoms with E-state index in [0.29, 0.717) is 5.78 Å². The molecule has 0 saturated carbocycles. The molecule has 0 N–H and O–H groups in total. The van der Waals surface area contributed by atoms with Crippen molar-refractivity contribution in [1.82, 2.24) is 28.8 Å². The number of aryl methyl sites for hydroxylation is 1. The number of nitrogens with zero attached hydrogens (tertiary/aromatic N) is 6. The number of hydrogen-bond acceptors (Lipinski definition) is 6. The third kappa shape index (κ3) is 3.22. The molecule has 1 aliphatic rings. The molecule has 1 aliphatic heterocycles. The predicted octanol–water partition coefficient (Wildman–Crippen LogP) is 0.719. The molecule has 3 heterocycles. The highest BCUT2D eigenvalue weighted by molar-refractivity contribution is 7.89. The van der Waals surface area contributed by atoms with Crippen molar-refractivity contribution in [2.75, 3.05) is 26.2 Å². The Morgan fingerprint density at radius 2 is 1.75 bits per heavy atom. The molecule has 1 amide bonds. The average Bonchev–Trinajstić information content (AvgIpc) is 3.14. The Kier molecular flexibility index (Phi) is 4.55. The maximum atomic E-state index is 13.0. The number of hydrogen-bond donors (Lipinski definition) is 0. The quantitative estimate of drug-likeness (QED) is 0.638. The zero-order valence-corrected chi connectivity index (χ0v) is 15.8. The SMILES string of the molecule is Cc1ccnc2nc(C(=O)N3CCN(S(=O)(=O)c4ccc(F)cc4)CC3)nn12. The number of amides is 1. The minimum Gasteiger partial charge on any atom is -0.333 e. The smallest absolute Gasteiger partial charge is 0.293 e. The van der Waals surface area contributed by atoms with Crippen molar-refractivity contribution >= 4 is 21.7 Å². The molecule has 0 unspecified atom stereocenters. The summed E-state index contributed by atoms with van der Waals surface area (Å²) in [6.07, 6.45) is 1.59. The number of carbonyl (C=O) groups is 1. The summed E-state index contributed by atoms with van der Waals surface area (Å²) in [4.78, 5) is 22.5. The van der Waals surface area contributed by atoms with Crippen LogP contribution in [-0.4, -0.2) is 69.3 Å². The Hall–Kier alpha value is -2.92. The van der Waals surface area contributed by atoms with Crippen LogP contribution in [0.4, 0.5) is 4.39 Å². The first kappa shape index (κ1) is 18.4. The molecule has 146 valence electrons. The van der Waals surface area contributed by atoms with Crippen molar-refractivity contribution < 1.29 is 17.6 Å². The molecule has 28 heavy (non-hydrogen) atoms. The van der Waals surface area contributed by atoms with E-state index in [0.717, 1.165) is 17.8 Å². The van der Waals surface area contributed by atoms with Gasteiger partial charge in [-0.3, -0.25) is 4.79 Å². The van der Waals surface area contributed by atoms with E-state index in [9.17, 15) is 17.6 Å². The van der Waals surface area contributed by atoms with Crippen LogP contribution < -0.4 is 0 Å². The lowest BCUT2D eigenvalue weighted by molar-refractivity contribution is 0.0686. The van der Waals surface area contributed by atoms with Gasteiger partial charge >= 0.3 is 0 Å². The summed E-state index contributed by atoms with van der Waals surface area (Å²) in [5, 5.41) is 4.20. The van der Waals surface area contributed by atoms with Gasteiger partial charge in [0.1, 0.15) is 5.82 Å². The van der Waals surface area contributed by atoms with Gasteiger partial charge in [-0.2, -0.15) is 9.29 Å². The van der Waals surface area contributed by atoms with Crippen molar-refractivity contribution in [2.45, 2.75) is 11.8 Å². The van der Waals surface area contributed by atoms with Crippen molar-refractivity contribution in [3.8, 4) is 0 Å². The summed E-state index contributed by atoms with van der Waals surface area (Å²) in [5.74, 6) is -0.514. The molecule has 0 atom stereocenters. The van der Waals surface area contributed by atoms with E-state index in [1.54, 1.807) is 12.3 Å². The van der Waals surface area contributed by atoms with Gasteiger partial charge in [-0.25, -0.2) is 22.3 Å². The molecule has 0 aliphatic carbocycles. The molecule has 1 saturated heterocycles. The predicted molar refractivity (Wildman–Crippen MR) is 96.6 cm³/mol. The van der Waals surface area contributed by atoms with Crippen molar-refractivity contribution in [3.05, 3.63) is 53.9 Å². The molecule has 1 aromatic carbocycles. The molecule has 11 heteroatoms. The maximum absolute atomic E-state index is 13.0. The summed E-state index contributed by atoms with van der Waals surface area (Å²) in [6, 6.07) is 6.45. The summed E-state index contributed by atoms with van der Waals surface area (Å²) < 4.78 is 41.2. The second-order valence-corrected chi connectivity index (χ2v) is 8.32. The lowest BCUT2D eigenvalue weighted by atomic mass is 10.3. The zero-order valence-electron chi connectivity index (χ0n) is 15.0. The van der Waals surface area contributed by atoms with E-state index in [4.69, 9.17) is 0 Å². The lowest BCUT2D eigenvalue weighted by Gasteiger charge is -2.33. The fourth-order valence-electron chi connectivity index (χ4n) is 3.03. The minimum atomic E-state index is -3.74. The number of carbonyl (C=O) groups excluding carboxylic acids is 1. The van der Waals surface area contributed by atoms with Crippen LogP contribution in [0, 0.1) is 12.7 Å². The largest absolute Gasteiger partial charge is 0.333 e. The zero-order chi connectivity index (χ0) is 19.9. The van der Waals surface area contributed by atoms with Crippen LogP contribution in [0.5, 0.6) is 0 Å². The van der Waals surface area contributed by atoms with E-state index in [-0.39, 0.29) is 42.8 Å². The molecular formula is C17H17FN6O3S. The van der Waals surface area contributed by atoms with Gasteiger partial charge in [0.25, 0.3) is 11.7 Å². The number of piperazine rings is 1. The highest BCUT2D eigenvalue weighted by Crippen LogP contribution is 2.18. The average molecular weight is 404 g/mol. The highest BCUT2D eigenvalue weighted by atomic mass is 32.2. The van der Waals surface area contributed by atoms with Gasteiger partial charge in [0.15, 0.2) is 0 Å². The molecule has 9 nitrogen and oxygen atoms in total. The fraction of sp³-hybridized carbons (Fsp3) is 0.294. The molecule has 4 rings (SSSR count). The monoisotopic (exact) mass is 404 g/mol. The van der Waals surface area contributed by atoms with E-state index >= 15 is 0 Å². The number of rotatable bonds is 3. The molecule has 2 aromatic heterocycles. The standard InChI is InChI=1S/C17H17FN6O3S/c1-12-6-7-19-17-20-15(21-24(12)17)16(25)22-8-10-23(11-9-22)28(26,27)14-4-2-13(18)3-5-14/h2-7H,8-11H2,1H3. The first-order chi connectivity index (χ1) is 13.4. The highest BCUT2D eigenvalue weighted by Gasteiger charge is 2.31. The topological polar surface area (TPSA) is 101 Å². The van der Waals surface area contributed by atoms with Crippen molar-refractivity contribution in [3.63, 3.8) is 0 Å². The molecule has 0 bridgehead atoms. The van der Waals surface area contributed by atoms with Crippen LogP contribution in [0.25, 0.3) is 5.78 Å². The van der Waals surface area contributed by atoms with E-state index in [2.05, 4.69) is 15.1 Å². The van der Waals surface area contributed by atoms with Gasteiger partial charge in [-0.1, -0.05) is 0 Å². The van der Waals surface area contributed by atoms with Gasteiger partial charge in [0, 0.05) is 38.1 Å². The minimum absolute atomic E-state index is 0.0247. The molecule has 3 aromatic rings. The molecule has 0 radical (unpaired) electrons. The number of sulfonamides is 1. The molecule has 1 fully saturated rings. The summed E-state index contributed by atoms with van der Waals surface area (Å²) in [5.41, 5.74) is 0.798. The summed E-state index contributed by atoms with van der Waals surface area (Å²) >= 11 is 0. The van der Waals surface area contributed by atoms with Crippen LogP contribution in [0.15, 0.2) is 41.4 Å². The van der Waals surface area contributed by atoms with Crippen LogP contribution in [0.2, 0.25) is 0 Å². The number of halogens is 1. The Balaban J connectivity index is 1.48. The third-order valence-electron chi connectivity index (χ3n) is 4.60. The Morgan fingerprint density at radius 3 is 2.39 bits per heavy atom. The van der Waals surface area contributed by atoms with Gasteiger partial charge in [0.05, 0.1) is 4.90 Å². The third-order valence-corrected chi connectivity index (χ3v) is 6.51. The second kappa shape index (κ2) is 6.91. The van der Waals surface area contributed by atoms with Crippen LogP contribution in [0.3, 0.4) is 0 Å². The lowest BCUT2D eigenvalue weighted by Crippen LogP contribution is -2.50. The van der Waals surface area contributed by atoms with Gasteiger partial charge < -0.3 is 4.90 Å². The van der Waals surface area contributed by atoms with Crippen LogP contribution >= 0.6 is 0 Å². The van der Waals surface area contributed by atoms with Crippen LogP contribution in [0.1, 0.15) is 16.3 Å². The van der Waals surface area contributed by atoms with Gasteiger partial charge in [-0.15, -0.1) is 5.10 Å². The first-order valence-electron chi connectivity index (χ1n) is 8.59. The Bertz CT molecular complexity index is 1140. The van der Waals surface area contributed by atoms with E-state index < -0.39 is 15.8 Å². The number of benzene rings is 1. The fourth-order valence-corrected chi connectivity index (χ4v) is 4.45. The Morgan fingerprint density at radius 1 is 1.07 bits per heavy atom. The van der Waals surface area contributed by atoms with Crippen molar-refractivity contribution in [1.29, 1.82) is 0 Å². The molecule has 0 spiro atoms. The van der Waals surface area contributed by atoms with E-state index in [1.807, 2.05) is 6.92 Å². The molecular weight excluding hydrogens is 387 g/mol.